The van der Waals surface area contributed by atoms with Crippen molar-refractivity contribution in [1.82, 2.24) is 9.97 Å². The highest BCUT2D eigenvalue weighted by molar-refractivity contribution is 6.59. The van der Waals surface area contributed by atoms with Crippen molar-refractivity contribution in [3.8, 4) is 0 Å². The van der Waals surface area contributed by atoms with E-state index in [1.54, 1.807) is 0 Å². The lowest BCUT2D eigenvalue weighted by Gasteiger charge is -2.52. The summed E-state index contributed by atoms with van der Waals surface area (Å²) in [6.07, 6.45) is 3.74. The van der Waals surface area contributed by atoms with E-state index in [1.165, 1.54) is 6.20 Å². The Morgan fingerprint density at radius 3 is 2.39 bits per heavy atom. The van der Waals surface area contributed by atoms with E-state index >= 15 is 0 Å². The average Bonchev–Trinajstić information content (AvgIpc) is 2.41. The molecule has 5 N–H and O–H groups in total. The summed E-state index contributed by atoms with van der Waals surface area (Å²) in [5, 5.41) is 17.8. The molecule has 1 aromatic heterocycles. The Morgan fingerprint density at radius 2 is 1.93 bits per heavy atom. The third kappa shape index (κ3) is 5.49. The summed E-state index contributed by atoms with van der Waals surface area (Å²) < 4.78 is 0. The van der Waals surface area contributed by atoms with Gasteiger partial charge >= 0.3 is 0 Å². The molecule has 12 heteroatoms. The van der Waals surface area contributed by atoms with Gasteiger partial charge in [0.2, 0.25) is 5.95 Å². The molecule has 148 valence electrons. The number of rotatable bonds is 5. The minimum absolute atomic E-state index is 0.0158. The van der Waals surface area contributed by atoms with E-state index in [2.05, 4.69) is 52.0 Å². The lowest BCUT2D eigenvalue weighted by atomic mass is 9.31. The van der Waals surface area contributed by atoms with Gasteiger partial charge in [0.25, 0.3) is 5.91 Å². The molecule has 1 aliphatic carbocycles. The maximum Gasteiger partial charge on any atom is 0.254 e. The number of carbonyl (C=O) groups excluding carboxylic acids is 1. The van der Waals surface area contributed by atoms with Gasteiger partial charge in [0, 0.05) is 22.7 Å². The van der Waals surface area contributed by atoms with Crippen LogP contribution in [0.2, 0.25) is 5.11 Å². The van der Waals surface area contributed by atoms with Gasteiger partial charge < -0.3 is 21.5 Å². The van der Waals surface area contributed by atoms with Crippen molar-refractivity contribution in [2.24, 2.45) is 11.7 Å². The minimum Gasteiger partial charge on any atom is -0.399 e. The van der Waals surface area contributed by atoms with E-state index in [-0.39, 0.29) is 22.1 Å². The molecule has 2 rings (SSSR count). The number of nitrogens with zero attached hydrogens (tertiary/aromatic N) is 2. The van der Waals surface area contributed by atoms with Crippen LogP contribution in [0.3, 0.4) is 0 Å². The maximum absolute atomic E-state index is 11.9. The van der Waals surface area contributed by atoms with Gasteiger partial charge in [-0.25, -0.2) is 4.98 Å². The van der Waals surface area contributed by atoms with Crippen LogP contribution in [-0.4, -0.2) is 76.7 Å². The highest BCUT2D eigenvalue weighted by Crippen LogP contribution is 2.45. The van der Waals surface area contributed by atoms with Crippen LogP contribution in [0.25, 0.3) is 0 Å². The van der Waals surface area contributed by atoms with Crippen LogP contribution in [0.1, 0.15) is 50.4 Å². The van der Waals surface area contributed by atoms with E-state index in [0.717, 1.165) is 12.8 Å². The van der Waals surface area contributed by atoms with Gasteiger partial charge in [-0.1, -0.05) is 0 Å². The Bertz CT molecular complexity index is 750. The minimum atomic E-state index is -0.829. The third-order valence-electron chi connectivity index (χ3n) is 5.49. The van der Waals surface area contributed by atoms with Gasteiger partial charge in [-0.15, -0.1) is 5.11 Å². The number of nitrogens with one attached hydrogen (secondary N) is 2. The zero-order valence-corrected chi connectivity index (χ0v) is 18.6. The molecule has 1 heterocycles. The number of aromatic nitrogens is 2. The fourth-order valence-corrected chi connectivity index (χ4v) is 4.59. The molecule has 0 bridgehead atoms. The maximum atomic E-state index is 11.9. The van der Waals surface area contributed by atoms with Crippen LogP contribution >= 0.6 is 0 Å². The fraction of sp³-hybridized carbons (Fsp3) is 0.688. The Labute approximate surface area is 172 Å². The smallest absolute Gasteiger partial charge is 0.254 e. The second-order valence-corrected chi connectivity index (χ2v) is 10.9. The van der Waals surface area contributed by atoms with Crippen molar-refractivity contribution in [1.29, 1.82) is 0 Å². The second-order valence-electron chi connectivity index (χ2n) is 10.9. The summed E-state index contributed by atoms with van der Waals surface area (Å²) in [7, 11) is 10.5. The molecular formula is C16H32B5N5O2. The molecule has 0 spiro atoms. The number of carbonyl (C=O) groups is 1. The molecule has 1 aromatic rings. The van der Waals surface area contributed by atoms with Crippen LogP contribution < -0.4 is 16.4 Å². The Hall–Kier alpha value is -1.57. The van der Waals surface area contributed by atoms with Crippen LogP contribution in [0.15, 0.2) is 6.20 Å². The van der Waals surface area contributed by atoms with E-state index < -0.39 is 16.8 Å². The second kappa shape index (κ2) is 7.36. The molecule has 1 amide bonds. The number of anilines is 2. The first-order valence-corrected chi connectivity index (χ1v) is 9.98. The van der Waals surface area contributed by atoms with Crippen molar-refractivity contribution >= 4 is 56.9 Å². The summed E-state index contributed by atoms with van der Waals surface area (Å²) in [6.45, 7) is 6.03. The molecule has 0 radical (unpaired) electrons. The number of hydrogen-bond acceptors (Lipinski definition) is 6. The first kappa shape index (κ1) is 22.7. The van der Waals surface area contributed by atoms with Crippen LogP contribution in [-0.2, 0) is 0 Å². The molecule has 7 nitrogen and oxygen atoms in total. The van der Waals surface area contributed by atoms with Crippen LogP contribution in [0.4, 0.5) is 11.8 Å². The van der Waals surface area contributed by atoms with Crippen molar-refractivity contribution in [3.05, 3.63) is 11.8 Å². The van der Waals surface area contributed by atoms with E-state index in [4.69, 9.17) is 5.73 Å². The number of hydrogen-bond donors (Lipinski definition) is 4. The fourth-order valence-electron chi connectivity index (χ4n) is 4.59. The SMILES string of the molecule is BC1(Nc2nc(NC(C)(C)C)ncc2C(N)=O)CCC(C(B)(B)B)C(B)(O)C1. The Kier molecular flexibility index (Phi) is 5.97. The van der Waals surface area contributed by atoms with E-state index in [9.17, 15) is 9.90 Å². The van der Waals surface area contributed by atoms with Crippen molar-refractivity contribution in [2.45, 2.75) is 61.6 Å². The predicted octanol–water partition coefficient (Wildman–Crippen LogP) is -3.38. The zero-order chi connectivity index (χ0) is 21.5. The molecule has 1 aliphatic rings. The monoisotopic (exact) mass is 381 g/mol. The van der Waals surface area contributed by atoms with Crippen LogP contribution in [0, 0.1) is 5.92 Å². The average molecular weight is 381 g/mol. The number of amides is 1. The number of nitrogens with two attached hydrogens (primary N) is 1. The highest BCUT2D eigenvalue weighted by atomic mass is 16.3. The highest BCUT2D eigenvalue weighted by Gasteiger charge is 2.48. The van der Waals surface area contributed by atoms with E-state index in [1.807, 2.05) is 28.6 Å². The summed E-state index contributed by atoms with van der Waals surface area (Å²) in [5.41, 5.74) is 4.33. The Balaban J connectivity index is 2.33. The molecule has 28 heavy (non-hydrogen) atoms. The van der Waals surface area contributed by atoms with Crippen molar-refractivity contribution in [2.75, 3.05) is 10.6 Å². The van der Waals surface area contributed by atoms with Crippen LogP contribution in [0.5, 0.6) is 0 Å². The van der Waals surface area contributed by atoms with Gasteiger partial charge in [0.1, 0.15) is 21.5 Å². The van der Waals surface area contributed by atoms with Gasteiger partial charge in [-0.3, -0.25) is 4.79 Å². The first-order valence-electron chi connectivity index (χ1n) is 9.98. The first-order chi connectivity index (χ1) is 12.5. The normalized spacial score (nSPS) is 28.5. The molecule has 0 aliphatic heterocycles. The molecule has 1 saturated carbocycles. The summed E-state index contributed by atoms with van der Waals surface area (Å²) >= 11 is 0. The lowest BCUT2D eigenvalue weighted by Crippen LogP contribution is -2.58. The number of aliphatic hydroxyl groups is 1. The third-order valence-corrected chi connectivity index (χ3v) is 5.49. The Morgan fingerprint density at radius 1 is 1.32 bits per heavy atom. The molecule has 3 atom stereocenters. The van der Waals surface area contributed by atoms with Gasteiger partial charge in [-0.05, 0) is 46.0 Å². The summed E-state index contributed by atoms with van der Waals surface area (Å²) in [4.78, 5) is 20.6. The quantitative estimate of drug-likeness (QED) is 0.397. The molecule has 0 saturated heterocycles. The van der Waals surface area contributed by atoms with Crippen molar-refractivity contribution < 1.29 is 9.90 Å². The number of primary amides is 1. The summed E-state index contributed by atoms with van der Waals surface area (Å²) in [6, 6.07) is 0. The van der Waals surface area contributed by atoms with Gasteiger partial charge in [-0.2, -0.15) is 4.98 Å². The largest absolute Gasteiger partial charge is 0.399 e. The molecular weight excluding hydrogens is 348 g/mol. The van der Waals surface area contributed by atoms with E-state index in [0.29, 0.717) is 18.2 Å². The molecule has 3 unspecified atom stereocenters. The topological polar surface area (TPSA) is 113 Å². The standard InChI is InChI=1S/C16H32B5N5O2/c1-13(2,3)26-12-23-6-8(10(22)27)11(24-12)25-14(17)5-4-9(16(19,20)21)15(18,28)7-14/h6,9,28H,4-5,7,17-21H2,1-3H3,(H2,22,27)(H2,23,24,25,26). The zero-order valence-electron chi connectivity index (χ0n) is 18.6. The van der Waals surface area contributed by atoms with Gasteiger partial charge in [0.15, 0.2) is 0 Å². The van der Waals surface area contributed by atoms with Crippen molar-refractivity contribution in [3.63, 3.8) is 0 Å². The van der Waals surface area contributed by atoms with Gasteiger partial charge in [0.05, 0.1) is 29.1 Å². The summed E-state index contributed by atoms with van der Waals surface area (Å²) in [5.74, 6) is 0.443. The lowest BCUT2D eigenvalue weighted by molar-refractivity contribution is 0.0166. The molecule has 0 aromatic carbocycles. The molecule has 1 fully saturated rings. The predicted molar refractivity (Wildman–Crippen MR) is 128 cm³/mol.